The van der Waals surface area contributed by atoms with Crippen molar-refractivity contribution >= 4 is 11.8 Å². The van der Waals surface area contributed by atoms with E-state index in [1.165, 1.54) is 0 Å². The third kappa shape index (κ3) is 2.20. The minimum absolute atomic E-state index is 0.0600. The van der Waals surface area contributed by atoms with Crippen LogP contribution in [0.15, 0.2) is 6.20 Å². The zero-order chi connectivity index (χ0) is 13.3. The van der Waals surface area contributed by atoms with E-state index >= 15 is 0 Å². The SMILES string of the molecule is CCC1NC(=O)C(C)N(Cc2cn(C)nn2)C1=O. The highest BCUT2D eigenvalue weighted by Gasteiger charge is 2.37. The van der Waals surface area contributed by atoms with Crippen LogP contribution in [0, 0.1) is 0 Å². The molecule has 1 aliphatic rings. The quantitative estimate of drug-likeness (QED) is 0.781. The molecule has 1 fully saturated rings. The highest BCUT2D eigenvalue weighted by atomic mass is 16.2. The van der Waals surface area contributed by atoms with E-state index in [0.717, 1.165) is 0 Å². The second kappa shape index (κ2) is 4.75. The van der Waals surface area contributed by atoms with Crippen LogP contribution >= 0.6 is 0 Å². The van der Waals surface area contributed by atoms with Crippen LogP contribution in [0.4, 0.5) is 0 Å². The summed E-state index contributed by atoms with van der Waals surface area (Å²) in [5.74, 6) is -0.180. The summed E-state index contributed by atoms with van der Waals surface area (Å²) in [6.07, 6.45) is 2.34. The Balaban J connectivity index is 2.17. The number of carbonyl (C=O) groups is 2. The molecule has 0 spiro atoms. The molecule has 18 heavy (non-hydrogen) atoms. The van der Waals surface area contributed by atoms with E-state index in [4.69, 9.17) is 0 Å². The van der Waals surface area contributed by atoms with E-state index in [1.807, 2.05) is 6.92 Å². The monoisotopic (exact) mass is 251 g/mol. The molecule has 0 aromatic carbocycles. The van der Waals surface area contributed by atoms with Gasteiger partial charge in [0, 0.05) is 13.2 Å². The third-order valence-electron chi connectivity index (χ3n) is 3.14. The van der Waals surface area contributed by atoms with Gasteiger partial charge in [-0.25, -0.2) is 0 Å². The number of hydrogen-bond acceptors (Lipinski definition) is 4. The molecule has 1 aromatic rings. The molecule has 1 aliphatic heterocycles. The highest BCUT2D eigenvalue weighted by molar-refractivity contribution is 5.96. The lowest BCUT2D eigenvalue weighted by atomic mass is 10.1. The zero-order valence-corrected chi connectivity index (χ0v) is 10.8. The fraction of sp³-hybridized carbons (Fsp3) is 0.636. The maximum Gasteiger partial charge on any atom is 0.246 e. The first kappa shape index (κ1) is 12.5. The average molecular weight is 251 g/mol. The zero-order valence-electron chi connectivity index (χ0n) is 10.8. The van der Waals surface area contributed by atoms with Gasteiger partial charge in [-0.05, 0) is 13.3 Å². The predicted molar refractivity (Wildman–Crippen MR) is 63.2 cm³/mol. The van der Waals surface area contributed by atoms with Crippen molar-refractivity contribution in [3.8, 4) is 0 Å². The third-order valence-corrected chi connectivity index (χ3v) is 3.14. The van der Waals surface area contributed by atoms with Gasteiger partial charge in [0.25, 0.3) is 0 Å². The van der Waals surface area contributed by atoms with Crippen molar-refractivity contribution in [3.63, 3.8) is 0 Å². The second-order valence-electron chi connectivity index (χ2n) is 4.50. The molecular formula is C11H17N5O2. The summed E-state index contributed by atoms with van der Waals surface area (Å²) in [6, 6.07) is -0.896. The Kier molecular flexibility index (Phi) is 3.31. The van der Waals surface area contributed by atoms with Crippen LogP contribution in [0.1, 0.15) is 26.0 Å². The van der Waals surface area contributed by atoms with Gasteiger partial charge >= 0.3 is 0 Å². The smallest absolute Gasteiger partial charge is 0.246 e. The van der Waals surface area contributed by atoms with Gasteiger partial charge < -0.3 is 10.2 Å². The molecule has 2 heterocycles. The molecule has 2 atom stereocenters. The number of nitrogens with zero attached hydrogens (tertiary/aromatic N) is 4. The van der Waals surface area contributed by atoms with Crippen molar-refractivity contribution in [3.05, 3.63) is 11.9 Å². The number of carbonyl (C=O) groups excluding carboxylic acids is 2. The van der Waals surface area contributed by atoms with E-state index in [0.29, 0.717) is 18.7 Å². The number of amides is 2. The fourth-order valence-electron chi connectivity index (χ4n) is 2.02. The maximum atomic E-state index is 12.2. The summed E-state index contributed by atoms with van der Waals surface area (Å²) in [6.45, 7) is 3.91. The van der Waals surface area contributed by atoms with Gasteiger partial charge in [0.2, 0.25) is 11.8 Å². The van der Waals surface area contributed by atoms with Gasteiger partial charge in [0.05, 0.1) is 6.54 Å². The van der Waals surface area contributed by atoms with Crippen LogP contribution in [-0.2, 0) is 23.2 Å². The molecule has 1 N–H and O–H groups in total. The van der Waals surface area contributed by atoms with Crippen LogP contribution < -0.4 is 5.32 Å². The van der Waals surface area contributed by atoms with Crippen LogP contribution in [-0.4, -0.2) is 43.8 Å². The van der Waals surface area contributed by atoms with Gasteiger partial charge in [0.1, 0.15) is 17.8 Å². The van der Waals surface area contributed by atoms with Crippen LogP contribution in [0.3, 0.4) is 0 Å². The number of aryl methyl sites for hydroxylation is 1. The van der Waals surface area contributed by atoms with Gasteiger partial charge in [0.15, 0.2) is 0 Å². The molecule has 2 rings (SSSR count). The Hall–Kier alpha value is -1.92. The molecular weight excluding hydrogens is 234 g/mol. The number of hydrogen-bond donors (Lipinski definition) is 1. The molecule has 0 aliphatic carbocycles. The summed E-state index contributed by atoms with van der Waals surface area (Å²) in [5, 5.41) is 10.5. The molecule has 7 nitrogen and oxygen atoms in total. The van der Waals surface area contributed by atoms with Gasteiger partial charge in [-0.15, -0.1) is 5.10 Å². The Bertz CT molecular complexity index is 470. The lowest BCUT2D eigenvalue weighted by Gasteiger charge is -2.36. The van der Waals surface area contributed by atoms with E-state index in [2.05, 4.69) is 15.6 Å². The lowest BCUT2D eigenvalue weighted by Crippen LogP contribution is -2.61. The summed E-state index contributed by atoms with van der Waals surface area (Å²) >= 11 is 0. The number of aromatic nitrogens is 3. The molecule has 2 amide bonds. The summed E-state index contributed by atoms with van der Waals surface area (Å²) in [7, 11) is 1.76. The first-order chi connectivity index (χ1) is 8.52. The molecule has 1 saturated heterocycles. The molecule has 2 unspecified atom stereocenters. The van der Waals surface area contributed by atoms with E-state index in [9.17, 15) is 9.59 Å². The summed E-state index contributed by atoms with van der Waals surface area (Å²) in [4.78, 5) is 25.5. The number of nitrogens with one attached hydrogen (secondary N) is 1. The van der Waals surface area contributed by atoms with Crippen molar-refractivity contribution in [1.82, 2.24) is 25.2 Å². The van der Waals surface area contributed by atoms with Crippen molar-refractivity contribution in [1.29, 1.82) is 0 Å². The molecule has 7 heteroatoms. The number of rotatable bonds is 3. The highest BCUT2D eigenvalue weighted by Crippen LogP contribution is 2.14. The van der Waals surface area contributed by atoms with Crippen molar-refractivity contribution in [2.75, 3.05) is 0 Å². The van der Waals surface area contributed by atoms with Gasteiger partial charge in [-0.2, -0.15) is 0 Å². The largest absolute Gasteiger partial charge is 0.343 e. The fourth-order valence-corrected chi connectivity index (χ4v) is 2.02. The maximum absolute atomic E-state index is 12.2. The Morgan fingerprint density at radius 3 is 2.72 bits per heavy atom. The van der Waals surface area contributed by atoms with E-state index < -0.39 is 12.1 Å². The average Bonchev–Trinajstić information content (AvgIpc) is 2.75. The summed E-state index contributed by atoms with van der Waals surface area (Å²) < 4.78 is 1.58. The molecule has 98 valence electrons. The molecule has 0 saturated carbocycles. The van der Waals surface area contributed by atoms with Crippen LogP contribution in [0.2, 0.25) is 0 Å². The second-order valence-corrected chi connectivity index (χ2v) is 4.50. The van der Waals surface area contributed by atoms with Crippen molar-refractivity contribution in [2.24, 2.45) is 7.05 Å². The molecule has 0 radical (unpaired) electrons. The summed E-state index contributed by atoms with van der Waals surface area (Å²) in [5.41, 5.74) is 0.683. The van der Waals surface area contributed by atoms with E-state index in [-0.39, 0.29) is 11.8 Å². The van der Waals surface area contributed by atoms with Crippen LogP contribution in [0.25, 0.3) is 0 Å². The van der Waals surface area contributed by atoms with Crippen molar-refractivity contribution < 1.29 is 9.59 Å². The van der Waals surface area contributed by atoms with Crippen LogP contribution in [0.5, 0.6) is 0 Å². The first-order valence-corrected chi connectivity index (χ1v) is 5.99. The van der Waals surface area contributed by atoms with Gasteiger partial charge in [-0.3, -0.25) is 14.3 Å². The Morgan fingerprint density at radius 1 is 1.44 bits per heavy atom. The molecule has 1 aromatic heterocycles. The minimum atomic E-state index is -0.470. The molecule has 0 bridgehead atoms. The van der Waals surface area contributed by atoms with Crippen molar-refractivity contribution in [2.45, 2.75) is 38.9 Å². The topological polar surface area (TPSA) is 80.1 Å². The normalized spacial score (nSPS) is 24.3. The Morgan fingerprint density at radius 2 is 2.17 bits per heavy atom. The standard InChI is InChI=1S/C11H17N5O2/c1-4-9-11(18)16(7(2)10(17)12-9)6-8-5-15(3)14-13-8/h5,7,9H,4,6H2,1-3H3,(H,12,17). The van der Waals surface area contributed by atoms with Gasteiger partial charge in [-0.1, -0.05) is 12.1 Å². The lowest BCUT2D eigenvalue weighted by molar-refractivity contribution is -0.149. The predicted octanol–water partition coefficient (Wildman–Crippen LogP) is -0.559. The van der Waals surface area contributed by atoms with E-state index in [1.54, 1.807) is 29.7 Å². The number of piperazine rings is 1. The minimum Gasteiger partial charge on any atom is -0.343 e. The Labute approximate surface area is 105 Å². The first-order valence-electron chi connectivity index (χ1n) is 5.99.